The summed E-state index contributed by atoms with van der Waals surface area (Å²) in [7, 11) is 1.26. The zero-order chi connectivity index (χ0) is 12.0. The van der Waals surface area contributed by atoms with Gasteiger partial charge in [-0.3, -0.25) is 9.59 Å². The molecular formula is C7H13N3O5. The monoisotopic (exact) mass is 219 g/mol. The van der Waals surface area contributed by atoms with Crippen LogP contribution in [0.3, 0.4) is 0 Å². The second-order valence-corrected chi connectivity index (χ2v) is 2.70. The SMILES string of the molecule is COCC(=O)N(CC(N)=O)C(N)C(=O)O. The van der Waals surface area contributed by atoms with Crippen LogP contribution >= 0.6 is 0 Å². The Hall–Kier alpha value is -1.67. The molecule has 0 aromatic carbocycles. The molecule has 8 heteroatoms. The number of carboxylic acid groups (broad SMARTS) is 1. The van der Waals surface area contributed by atoms with E-state index < -0.39 is 30.5 Å². The van der Waals surface area contributed by atoms with Crippen LogP contribution in [0.1, 0.15) is 0 Å². The van der Waals surface area contributed by atoms with Gasteiger partial charge in [0.05, 0.1) is 0 Å². The minimum atomic E-state index is -1.61. The summed E-state index contributed by atoms with van der Waals surface area (Å²) in [5.74, 6) is -3.00. The molecule has 86 valence electrons. The zero-order valence-electron chi connectivity index (χ0n) is 8.17. The van der Waals surface area contributed by atoms with Gasteiger partial charge in [-0.15, -0.1) is 0 Å². The van der Waals surface area contributed by atoms with Crippen LogP contribution in [-0.4, -0.2) is 54.2 Å². The van der Waals surface area contributed by atoms with Crippen molar-refractivity contribution in [1.29, 1.82) is 0 Å². The average Bonchev–Trinajstić information content (AvgIpc) is 2.13. The van der Waals surface area contributed by atoms with Crippen LogP contribution in [0.5, 0.6) is 0 Å². The number of carboxylic acids is 1. The first-order chi connectivity index (χ1) is 6.90. The van der Waals surface area contributed by atoms with Gasteiger partial charge in [0.25, 0.3) is 5.91 Å². The van der Waals surface area contributed by atoms with Crippen LogP contribution in [0.25, 0.3) is 0 Å². The van der Waals surface area contributed by atoms with Gasteiger partial charge in [-0.2, -0.15) is 0 Å². The highest BCUT2D eigenvalue weighted by Gasteiger charge is 2.27. The van der Waals surface area contributed by atoms with Crippen LogP contribution in [-0.2, 0) is 19.1 Å². The Labute approximate surface area is 85.8 Å². The van der Waals surface area contributed by atoms with E-state index in [0.717, 1.165) is 0 Å². The van der Waals surface area contributed by atoms with Crippen LogP contribution in [0.2, 0.25) is 0 Å². The molecule has 0 saturated carbocycles. The molecule has 0 aliphatic carbocycles. The number of nitrogens with two attached hydrogens (primary N) is 2. The van der Waals surface area contributed by atoms with E-state index >= 15 is 0 Å². The molecule has 15 heavy (non-hydrogen) atoms. The summed E-state index contributed by atoms with van der Waals surface area (Å²) in [5, 5.41) is 8.57. The predicted octanol–water partition coefficient (Wildman–Crippen LogP) is -2.68. The minimum absolute atomic E-state index is 0.367. The number of methoxy groups -OCH3 is 1. The third-order valence-corrected chi connectivity index (χ3v) is 1.50. The van der Waals surface area contributed by atoms with Gasteiger partial charge in [0, 0.05) is 7.11 Å². The van der Waals surface area contributed by atoms with E-state index in [-0.39, 0.29) is 6.61 Å². The van der Waals surface area contributed by atoms with Crippen molar-refractivity contribution in [2.24, 2.45) is 11.5 Å². The Bertz CT molecular complexity index is 267. The van der Waals surface area contributed by atoms with E-state index in [4.69, 9.17) is 16.6 Å². The molecule has 1 atom stereocenters. The Morgan fingerprint density at radius 1 is 1.47 bits per heavy atom. The van der Waals surface area contributed by atoms with Crippen LogP contribution in [0, 0.1) is 0 Å². The molecule has 2 amide bonds. The topological polar surface area (TPSA) is 136 Å². The number of primary amides is 1. The molecule has 0 radical (unpaired) electrons. The number of carbonyl (C=O) groups excluding carboxylic acids is 2. The van der Waals surface area contributed by atoms with Crippen molar-refractivity contribution in [3.63, 3.8) is 0 Å². The molecule has 0 bridgehead atoms. The number of rotatable bonds is 6. The third-order valence-electron chi connectivity index (χ3n) is 1.50. The largest absolute Gasteiger partial charge is 0.479 e. The standard InChI is InChI=1S/C7H13N3O5/c1-15-3-5(12)10(2-4(8)11)6(9)7(13)14/h6H,2-3,9H2,1H3,(H2,8,11)(H,13,14). The lowest BCUT2D eigenvalue weighted by atomic mass is 10.3. The molecule has 0 saturated heterocycles. The molecule has 8 nitrogen and oxygen atoms in total. The van der Waals surface area contributed by atoms with Gasteiger partial charge in [0.2, 0.25) is 5.91 Å². The van der Waals surface area contributed by atoms with Crippen LogP contribution < -0.4 is 11.5 Å². The van der Waals surface area contributed by atoms with Crippen molar-refractivity contribution in [2.75, 3.05) is 20.3 Å². The predicted molar refractivity (Wildman–Crippen MR) is 48.4 cm³/mol. The van der Waals surface area contributed by atoms with E-state index in [1.807, 2.05) is 0 Å². The smallest absolute Gasteiger partial charge is 0.341 e. The lowest BCUT2D eigenvalue weighted by Gasteiger charge is -2.24. The van der Waals surface area contributed by atoms with Gasteiger partial charge in [-0.25, -0.2) is 4.79 Å². The van der Waals surface area contributed by atoms with E-state index in [2.05, 4.69) is 4.74 Å². The first kappa shape index (κ1) is 13.3. The number of amides is 2. The summed E-state index contributed by atoms with van der Waals surface area (Å²) in [6.07, 6.45) is -1.61. The number of hydrogen-bond acceptors (Lipinski definition) is 5. The third kappa shape index (κ3) is 4.38. The highest BCUT2D eigenvalue weighted by atomic mass is 16.5. The number of aliphatic carboxylic acids is 1. The molecule has 0 heterocycles. The molecule has 1 unspecified atom stereocenters. The maximum absolute atomic E-state index is 11.3. The average molecular weight is 219 g/mol. The maximum atomic E-state index is 11.3. The first-order valence-electron chi connectivity index (χ1n) is 3.95. The first-order valence-corrected chi connectivity index (χ1v) is 3.95. The highest BCUT2D eigenvalue weighted by Crippen LogP contribution is 1.95. The summed E-state index contributed by atoms with van der Waals surface area (Å²) >= 11 is 0. The fourth-order valence-electron chi connectivity index (χ4n) is 0.849. The van der Waals surface area contributed by atoms with Crippen LogP contribution in [0.4, 0.5) is 0 Å². The number of carbonyl (C=O) groups is 3. The lowest BCUT2D eigenvalue weighted by Crippen LogP contribution is -2.54. The molecular weight excluding hydrogens is 206 g/mol. The van der Waals surface area contributed by atoms with E-state index in [9.17, 15) is 14.4 Å². The van der Waals surface area contributed by atoms with Crippen molar-refractivity contribution >= 4 is 17.8 Å². The number of hydrogen-bond donors (Lipinski definition) is 3. The van der Waals surface area contributed by atoms with Crippen molar-refractivity contribution in [1.82, 2.24) is 4.90 Å². The highest BCUT2D eigenvalue weighted by molar-refractivity contribution is 5.88. The quantitative estimate of drug-likeness (QED) is 0.416. The van der Waals surface area contributed by atoms with E-state index in [1.165, 1.54) is 7.11 Å². The van der Waals surface area contributed by atoms with Gasteiger partial charge in [0.1, 0.15) is 13.2 Å². The second-order valence-electron chi connectivity index (χ2n) is 2.70. The van der Waals surface area contributed by atoms with Gasteiger partial charge < -0.3 is 26.2 Å². The summed E-state index contributed by atoms with van der Waals surface area (Å²) in [6, 6.07) is 0. The van der Waals surface area contributed by atoms with E-state index in [1.54, 1.807) is 0 Å². The van der Waals surface area contributed by atoms with Gasteiger partial charge in [-0.1, -0.05) is 0 Å². The Balaban J connectivity index is 4.63. The summed E-state index contributed by atoms with van der Waals surface area (Å²) < 4.78 is 4.50. The lowest BCUT2D eigenvalue weighted by molar-refractivity contribution is -0.152. The minimum Gasteiger partial charge on any atom is -0.479 e. The van der Waals surface area contributed by atoms with Gasteiger partial charge in [-0.05, 0) is 0 Å². The Morgan fingerprint density at radius 3 is 2.33 bits per heavy atom. The molecule has 0 aliphatic heterocycles. The molecule has 0 aromatic heterocycles. The molecule has 0 aromatic rings. The van der Waals surface area contributed by atoms with Crippen LogP contribution in [0.15, 0.2) is 0 Å². The zero-order valence-corrected chi connectivity index (χ0v) is 8.17. The summed E-state index contributed by atoms with van der Waals surface area (Å²) in [5.41, 5.74) is 10.0. The molecule has 0 aliphatic rings. The van der Waals surface area contributed by atoms with Crippen molar-refractivity contribution in [2.45, 2.75) is 6.17 Å². The maximum Gasteiger partial charge on any atom is 0.341 e. The van der Waals surface area contributed by atoms with Crippen molar-refractivity contribution < 1.29 is 24.2 Å². The fraction of sp³-hybridized carbons (Fsp3) is 0.571. The van der Waals surface area contributed by atoms with Crippen molar-refractivity contribution in [3.8, 4) is 0 Å². The van der Waals surface area contributed by atoms with Crippen molar-refractivity contribution in [3.05, 3.63) is 0 Å². The Morgan fingerprint density at radius 2 is 2.00 bits per heavy atom. The molecule has 0 fully saturated rings. The molecule has 0 spiro atoms. The fourth-order valence-corrected chi connectivity index (χ4v) is 0.849. The second kappa shape index (κ2) is 5.94. The van der Waals surface area contributed by atoms with Gasteiger partial charge in [0.15, 0.2) is 6.17 Å². The molecule has 5 N–H and O–H groups in total. The van der Waals surface area contributed by atoms with E-state index in [0.29, 0.717) is 4.90 Å². The normalized spacial score (nSPS) is 11.9. The Kier molecular flexibility index (Phi) is 5.27. The number of ether oxygens (including phenoxy) is 1. The summed E-state index contributed by atoms with van der Waals surface area (Å²) in [4.78, 5) is 33.0. The summed E-state index contributed by atoms with van der Waals surface area (Å²) in [6.45, 7) is -0.927. The molecule has 0 rings (SSSR count). The number of nitrogens with zero attached hydrogens (tertiary/aromatic N) is 1. The van der Waals surface area contributed by atoms with Gasteiger partial charge >= 0.3 is 5.97 Å².